The molecule has 0 saturated carbocycles. The number of phenols is 1. The molecule has 0 fully saturated rings. The first-order valence-electron chi connectivity index (χ1n) is 10.7. The third-order valence-electron chi connectivity index (χ3n) is 6.50. The standard InChI is InChI=1S/C24H26F3N3O2/c1-4-14-9-10-16-20(21(14)31)15(5-2)11-23(32,24(25,26)27)22(16)30-19-8-6-7-18-17(19)12-28-13(3)29-18/h6-10,12,15,22,30-32H,4-5,11H2,1-3H3/t15-,22-,23+/m0/s1. The van der Waals surface area contributed by atoms with Crippen LogP contribution in [-0.2, 0) is 6.42 Å². The topological polar surface area (TPSA) is 78.3 Å². The van der Waals surface area contributed by atoms with Crippen LogP contribution in [0.3, 0.4) is 0 Å². The van der Waals surface area contributed by atoms with Crippen LogP contribution >= 0.6 is 0 Å². The molecule has 0 amide bonds. The normalized spacial score (nSPS) is 23.2. The van der Waals surface area contributed by atoms with Crippen molar-refractivity contribution in [3.8, 4) is 5.75 Å². The molecule has 1 aliphatic carbocycles. The summed E-state index contributed by atoms with van der Waals surface area (Å²) < 4.78 is 43.0. The molecule has 170 valence electrons. The van der Waals surface area contributed by atoms with Crippen molar-refractivity contribution < 1.29 is 23.4 Å². The second-order valence-electron chi connectivity index (χ2n) is 8.39. The van der Waals surface area contributed by atoms with Crippen molar-refractivity contribution in [2.75, 3.05) is 5.32 Å². The minimum Gasteiger partial charge on any atom is -0.507 e. The van der Waals surface area contributed by atoms with Crippen molar-refractivity contribution in [1.82, 2.24) is 9.97 Å². The second-order valence-corrected chi connectivity index (χ2v) is 8.39. The Bertz CT molecular complexity index is 1170. The number of aryl methyl sites for hydroxylation is 2. The van der Waals surface area contributed by atoms with Gasteiger partial charge in [-0.15, -0.1) is 0 Å². The van der Waals surface area contributed by atoms with Crippen molar-refractivity contribution >= 4 is 16.6 Å². The Kier molecular flexibility index (Phi) is 5.53. The van der Waals surface area contributed by atoms with Gasteiger partial charge in [-0.3, -0.25) is 0 Å². The number of fused-ring (bicyclic) bond motifs is 2. The minimum absolute atomic E-state index is 0.0183. The molecular formula is C24H26F3N3O2. The van der Waals surface area contributed by atoms with E-state index in [-0.39, 0.29) is 11.3 Å². The van der Waals surface area contributed by atoms with Crippen LogP contribution in [0.1, 0.15) is 61.2 Å². The average molecular weight is 445 g/mol. The number of aromatic hydroxyl groups is 1. The zero-order valence-corrected chi connectivity index (χ0v) is 18.2. The number of hydrogen-bond acceptors (Lipinski definition) is 5. The maximum absolute atomic E-state index is 14.3. The van der Waals surface area contributed by atoms with Gasteiger partial charge in [0.25, 0.3) is 0 Å². The number of anilines is 1. The Hall–Kier alpha value is -2.87. The monoisotopic (exact) mass is 445 g/mol. The first-order valence-corrected chi connectivity index (χ1v) is 10.7. The highest BCUT2D eigenvalue weighted by atomic mass is 19.4. The van der Waals surface area contributed by atoms with Crippen molar-refractivity contribution in [3.05, 3.63) is 59.0 Å². The van der Waals surface area contributed by atoms with Crippen LogP contribution in [0.5, 0.6) is 5.75 Å². The number of rotatable bonds is 4. The summed E-state index contributed by atoms with van der Waals surface area (Å²) in [6, 6.07) is 6.81. The Labute approximate surface area is 184 Å². The fraction of sp³-hybridized carbons (Fsp3) is 0.417. The van der Waals surface area contributed by atoms with Gasteiger partial charge in [0.1, 0.15) is 11.6 Å². The predicted molar refractivity (Wildman–Crippen MR) is 117 cm³/mol. The fourth-order valence-electron chi connectivity index (χ4n) is 4.74. The Morgan fingerprint density at radius 3 is 2.59 bits per heavy atom. The van der Waals surface area contributed by atoms with Crippen molar-refractivity contribution in [2.24, 2.45) is 0 Å². The average Bonchev–Trinajstić information content (AvgIpc) is 2.74. The molecular weight excluding hydrogens is 419 g/mol. The van der Waals surface area contributed by atoms with Gasteiger partial charge in [-0.25, -0.2) is 9.97 Å². The van der Waals surface area contributed by atoms with Crippen molar-refractivity contribution in [1.29, 1.82) is 0 Å². The molecule has 0 unspecified atom stereocenters. The number of nitrogens with one attached hydrogen (secondary N) is 1. The van der Waals surface area contributed by atoms with Crippen LogP contribution < -0.4 is 5.32 Å². The first kappa shape index (κ1) is 22.3. The summed E-state index contributed by atoms with van der Waals surface area (Å²) in [5.41, 5.74) is -0.644. The number of hydrogen-bond donors (Lipinski definition) is 3. The molecule has 32 heavy (non-hydrogen) atoms. The maximum Gasteiger partial charge on any atom is 0.419 e. The summed E-state index contributed by atoms with van der Waals surface area (Å²) in [4.78, 5) is 8.52. The lowest BCUT2D eigenvalue weighted by atomic mass is 9.68. The van der Waals surface area contributed by atoms with Gasteiger partial charge in [0.05, 0.1) is 11.6 Å². The number of alkyl halides is 3. The molecule has 0 radical (unpaired) electrons. The Morgan fingerprint density at radius 2 is 1.94 bits per heavy atom. The van der Waals surface area contributed by atoms with Crippen LogP contribution in [0.2, 0.25) is 0 Å². The SMILES string of the molecule is CCc1ccc2c(c1O)[C@@H](CC)C[C@](O)(C(F)(F)F)[C@H]2Nc1cccc2nc(C)ncc12. The molecule has 1 aromatic heterocycles. The molecule has 3 N–H and O–H groups in total. The van der Waals surface area contributed by atoms with Gasteiger partial charge in [0.15, 0.2) is 5.60 Å². The summed E-state index contributed by atoms with van der Waals surface area (Å²) in [7, 11) is 0. The molecule has 0 aliphatic heterocycles. The summed E-state index contributed by atoms with van der Waals surface area (Å²) in [5.74, 6) is -0.0586. The molecule has 1 heterocycles. The van der Waals surface area contributed by atoms with Gasteiger partial charge in [-0.1, -0.05) is 32.0 Å². The van der Waals surface area contributed by atoms with E-state index in [1.54, 1.807) is 50.4 Å². The van der Waals surface area contributed by atoms with Gasteiger partial charge in [-0.05, 0) is 55.4 Å². The van der Waals surface area contributed by atoms with E-state index in [0.717, 1.165) is 0 Å². The van der Waals surface area contributed by atoms with Crippen LogP contribution in [-0.4, -0.2) is 32.0 Å². The van der Waals surface area contributed by atoms with E-state index >= 15 is 0 Å². The number of phenolic OH excluding ortho intramolecular Hbond substituents is 1. The van der Waals surface area contributed by atoms with Gasteiger partial charge < -0.3 is 15.5 Å². The molecule has 5 nitrogen and oxygen atoms in total. The van der Waals surface area contributed by atoms with E-state index in [4.69, 9.17) is 0 Å². The lowest BCUT2D eigenvalue weighted by molar-refractivity contribution is -0.272. The summed E-state index contributed by atoms with van der Waals surface area (Å²) in [6.07, 6.45) is -2.95. The van der Waals surface area contributed by atoms with Gasteiger partial charge in [0.2, 0.25) is 0 Å². The van der Waals surface area contributed by atoms with E-state index < -0.39 is 30.2 Å². The molecule has 3 atom stereocenters. The number of halogens is 3. The zero-order chi connectivity index (χ0) is 23.3. The van der Waals surface area contributed by atoms with E-state index in [1.807, 2.05) is 6.92 Å². The van der Waals surface area contributed by atoms with Gasteiger partial charge in [-0.2, -0.15) is 13.2 Å². The molecule has 8 heteroatoms. The van der Waals surface area contributed by atoms with E-state index in [9.17, 15) is 23.4 Å². The summed E-state index contributed by atoms with van der Waals surface area (Å²) in [6.45, 7) is 5.38. The number of nitrogens with zero attached hydrogens (tertiary/aromatic N) is 2. The first-order chi connectivity index (χ1) is 15.1. The van der Waals surface area contributed by atoms with Crippen molar-refractivity contribution in [3.63, 3.8) is 0 Å². The minimum atomic E-state index is -4.88. The van der Waals surface area contributed by atoms with Crippen LogP contribution in [0.4, 0.5) is 18.9 Å². The fourth-order valence-corrected chi connectivity index (χ4v) is 4.74. The highest BCUT2D eigenvalue weighted by Gasteiger charge is 2.62. The van der Waals surface area contributed by atoms with Crippen LogP contribution in [0.15, 0.2) is 36.5 Å². The maximum atomic E-state index is 14.3. The van der Waals surface area contributed by atoms with Gasteiger partial charge in [0, 0.05) is 22.8 Å². The van der Waals surface area contributed by atoms with E-state index in [0.29, 0.717) is 46.4 Å². The highest BCUT2D eigenvalue weighted by Crippen LogP contribution is 2.55. The molecule has 0 bridgehead atoms. The highest BCUT2D eigenvalue weighted by molar-refractivity contribution is 5.91. The van der Waals surface area contributed by atoms with E-state index in [2.05, 4.69) is 15.3 Å². The molecule has 2 aromatic carbocycles. The second kappa shape index (κ2) is 7.92. The molecule has 4 rings (SSSR count). The number of benzene rings is 2. The quantitative estimate of drug-likeness (QED) is 0.491. The predicted octanol–water partition coefficient (Wildman–Crippen LogP) is 5.55. The molecule has 0 spiro atoms. The summed E-state index contributed by atoms with van der Waals surface area (Å²) in [5, 5.41) is 25.5. The van der Waals surface area contributed by atoms with Crippen molar-refractivity contribution in [2.45, 2.75) is 63.8 Å². The van der Waals surface area contributed by atoms with Gasteiger partial charge >= 0.3 is 6.18 Å². The Balaban J connectivity index is 1.93. The lowest BCUT2D eigenvalue weighted by Crippen LogP contribution is -2.55. The van der Waals surface area contributed by atoms with E-state index in [1.165, 1.54) is 0 Å². The summed E-state index contributed by atoms with van der Waals surface area (Å²) >= 11 is 0. The van der Waals surface area contributed by atoms with Crippen LogP contribution in [0.25, 0.3) is 10.9 Å². The molecule has 3 aromatic rings. The molecule has 1 aliphatic rings. The zero-order valence-electron chi connectivity index (χ0n) is 18.2. The largest absolute Gasteiger partial charge is 0.507 e. The lowest BCUT2D eigenvalue weighted by Gasteiger charge is -2.46. The third kappa shape index (κ3) is 3.46. The van der Waals surface area contributed by atoms with Crippen LogP contribution in [0, 0.1) is 6.92 Å². The third-order valence-corrected chi connectivity index (χ3v) is 6.50. The number of aromatic nitrogens is 2. The number of aliphatic hydroxyl groups is 1. The smallest absolute Gasteiger partial charge is 0.419 e. The molecule has 0 saturated heterocycles. The Morgan fingerprint density at radius 1 is 1.19 bits per heavy atom.